The van der Waals surface area contributed by atoms with Crippen LogP contribution in [0.5, 0.6) is 5.75 Å². The van der Waals surface area contributed by atoms with Crippen molar-refractivity contribution >= 4 is 5.69 Å². The van der Waals surface area contributed by atoms with Gasteiger partial charge in [-0.05, 0) is 53.8 Å². The van der Waals surface area contributed by atoms with E-state index in [1.54, 1.807) is 0 Å². The van der Waals surface area contributed by atoms with Crippen LogP contribution in [0.1, 0.15) is 35.1 Å². The standard InChI is InChI=1S/C21H17F3N2O/c22-21(23,24)14-6-9-19-18(12-14)16-2-1-3-17(16)20(26-19)13-4-7-15(8-5-13)27-11-10-25/h1-2,4-9,12,16-17,20,26H,3,11H2/t16-,17-,20-/m0/s1. The number of hydrogen-bond donors (Lipinski definition) is 1. The Labute approximate surface area is 155 Å². The molecule has 0 radical (unpaired) electrons. The molecule has 138 valence electrons. The molecule has 1 aliphatic carbocycles. The largest absolute Gasteiger partial charge is 0.479 e. The highest BCUT2D eigenvalue weighted by Gasteiger charge is 2.39. The van der Waals surface area contributed by atoms with Crippen LogP contribution in [0.4, 0.5) is 18.9 Å². The molecular weight excluding hydrogens is 353 g/mol. The maximum absolute atomic E-state index is 13.1. The predicted octanol–water partition coefficient (Wildman–Crippen LogP) is 5.43. The number of nitrogens with one attached hydrogen (secondary N) is 1. The Kier molecular flexibility index (Phi) is 4.31. The van der Waals surface area contributed by atoms with Gasteiger partial charge in [-0.1, -0.05) is 24.3 Å². The summed E-state index contributed by atoms with van der Waals surface area (Å²) in [5.74, 6) is 0.738. The summed E-state index contributed by atoms with van der Waals surface area (Å²) in [5, 5.41) is 12.0. The smallest absolute Gasteiger partial charge is 0.416 e. The third-order valence-corrected chi connectivity index (χ3v) is 5.23. The summed E-state index contributed by atoms with van der Waals surface area (Å²) in [4.78, 5) is 0. The molecule has 2 aromatic rings. The quantitative estimate of drug-likeness (QED) is 0.733. The van der Waals surface area contributed by atoms with Crippen LogP contribution in [0.25, 0.3) is 0 Å². The van der Waals surface area contributed by atoms with Crippen LogP contribution >= 0.6 is 0 Å². The summed E-state index contributed by atoms with van der Waals surface area (Å²) >= 11 is 0. The van der Waals surface area contributed by atoms with Crippen molar-refractivity contribution in [3.8, 4) is 11.8 Å². The van der Waals surface area contributed by atoms with Gasteiger partial charge in [0.1, 0.15) is 11.8 Å². The Balaban J connectivity index is 1.65. The van der Waals surface area contributed by atoms with Crippen LogP contribution < -0.4 is 10.1 Å². The van der Waals surface area contributed by atoms with Gasteiger partial charge in [-0.3, -0.25) is 0 Å². The normalized spacial score (nSPS) is 23.1. The number of ether oxygens (including phenoxy) is 1. The summed E-state index contributed by atoms with van der Waals surface area (Å²) in [7, 11) is 0. The van der Waals surface area contributed by atoms with Crippen molar-refractivity contribution in [1.29, 1.82) is 5.26 Å². The molecule has 1 N–H and O–H groups in total. The molecule has 0 aromatic heterocycles. The minimum absolute atomic E-state index is 0.000691. The second kappa shape index (κ2) is 6.66. The maximum Gasteiger partial charge on any atom is 0.416 e. The van der Waals surface area contributed by atoms with E-state index in [9.17, 15) is 13.2 Å². The zero-order chi connectivity index (χ0) is 19.0. The van der Waals surface area contributed by atoms with Gasteiger partial charge in [-0.2, -0.15) is 18.4 Å². The number of allylic oxidation sites excluding steroid dienone is 2. The van der Waals surface area contributed by atoms with Gasteiger partial charge in [-0.15, -0.1) is 0 Å². The lowest BCUT2D eigenvalue weighted by Gasteiger charge is -2.38. The summed E-state index contributed by atoms with van der Waals surface area (Å²) in [5.41, 5.74) is 1.88. The molecule has 3 nitrogen and oxygen atoms in total. The molecule has 3 atom stereocenters. The van der Waals surface area contributed by atoms with Gasteiger partial charge < -0.3 is 10.1 Å². The molecule has 0 saturated heterocycles. The first kappa shape index (κ1) is 17.5. The van der Waals surface area contributed by atoms with Gasteiger partial charge in [0.25, 0.3) is 0 Å². The second-order valence-electron chi connectivity index (χ2n) is 6.79. The Morgan fingerprint density at radius 2 is 1.93 bits per heavy atom. The van der Waals surface area contributed by atoms with Crippen LogP contribution in [0.2, 0.25) is 0 Å². The van der Waals surface area contributed by atoms with Gasteiger partial charge in [0, 0.05) is 11.6 Å². The number of halogens is 3. The Hall–Kier alpha value is -2.94. The van der Waals surface area contributed by atoms with Gasteiger partial charge in [0.15, 0.2) is 6.61 Å². The SMILES string of the molecule is N#CCOc1ccc([C@@H]2Nc3ccc(C(F)(F)F)cc3[C@H]3C=CC[C@@H]32)cc1. The average Bonchev–Trinajstić information content (AvgIpc) is 3.15. The number of hydrogen-bond acceptors (Lipinski definition) is 3. The first-order chi connectivity index (χ1) is 13.0. The number of fused-ring (bicyclic) bond motifs is 3. The summed E-state index contributed by atoms with van der Waals surface area (Å²) < 4.78 is 44.6. The van der Waals surface area contributed by atoms with Crippen molar-refractivity contribution in [2.24, 2.45) is 5.92 Å². The van der Waals surface area contributed by atoms with Crippen molar-refractivity contribution in [2.45, 2.75) is 24.6 Å². The zero-order valence-electron chi connectivity index (χ0n) is 14.3. The fourth-order valence-corrected chi connectivity index (χ4v) is 3.99. The minimum atomic E-state index is -4.34. The Bertz CT molecular complexity index is 913. The third kappa shape index (κ3) is 3.25. The predicted molar refractivity (Wildman–Crippen MR) is 95.3 cm³/mol. The molecule has 27 heavy (non-hydrogen) atoms. The summed E-state index contributed by atoms with van der Waals surface area (Å²) in [6.07, 6.45) is 0.527. The summed E-state index contributed by atoms with van der Waals surface area (Å²) in [6.45, 7) is -0.00937. The maximum atomic E-state index is 13.1. The van der Waals surface area contributed by atoms with E-state index in [1.165, 1.54) is 12.1 Å². The molecule has 0 unspecified atom stereocenters. The molecule has 0 fully saturated rings. The molecule has 2 aromatic carbocycles. The molecule has 1 aliphatic heterocycles. The van der Waals surface area contributed by atoms with Crippen LogP contribution in [0, 0.1) is 17.2 Å². The number of nitrogens with zero attached hydrogens (tertiary/aromatic N) is 1. The van der Waals surface area contributed by atoms with E-state index < -0.39 is 11.7 Å². The molecular formula is C21H17F3N2O. The van der Waals surface area contributed by atoms with E-state index in [1.807, 2.05) is 42.5 Å². The molecule has 0 amide bonds. The van der Waals surface area contributed by atoms with Crippen LogP contribution in [0.15, 0.2) is 54.6 Å². The van der Waals surface area contributed by atoms with Crippen LogP contribution in [-0.2, 0) is 6.18 Å². The summed E-state index contributed by atoms with van der Waals surface area (Å²) in [6, 6.07) is 13.4. The van der Waals surface area contributed by atoms with Gasteiger partial charge in [-0.25, -0.2) is 0 Å². The molecule has 1 heterocycles. The molecule has 0 spiro atoms. The zero-order valence-corrected chi connectivity index (χ0v) is 14.3. The number of anilines is 1. The van der Waals surface area contributed by atoms with E-state index in [4.69, 9.17) is 10.00 Å². The van der Waals surface area contributed by atoms with Crippen molar-refractivity contribution < 1.29 is 17.9 Å². The van der Waals surface area contributed by atoms with E-state index in [2.05, 4.69) is 5.32 Å². The Morgan fingerprint density at radius 1 is 1.15 bits per heavy atom. The molecule has 0 bridgehead atoms. The topological polar surface area (TPSA) is 45.0 Å². The van der Waals surface area contributed by atoms with Gasteiger partial charge in [0.2, 0.25) is 0 Å². The number of alkyl halides is 3. The number of nitriles is 1. The fourth-order valence-electron chi connectivity index (χ4n) is 3.99. The third-order valence-electron chi connectivity index (χ3n) is 5.23. The highest BCUT2D eigenvalue weighted by Crippen LogP contribution is 2.50. The van der Waals surface area contributed by atoms with Crippen LogP contribution in [-0.4, -0.2) is 6.61 Å². The monoisotopic (exact) mass is 370 g/mol. The van der Waals surface area contributed by atoms with Gasteiger partial charge in [0.05, 0.1) is 11.6 Å². The van der Waals surface area contributed by atoms with E-state index in [0.29, 0.717) is 11.3 Å². The van der Waals surface area contributed by atoms with Crippen molar-refractivity contribution in [1.82, 2.24) is 0 Å². The lowest BCUT2D eigenvalue weighted by atomic mass is 9.76. The number of benzene rings is 2. The fraction of sp³-hybridized carbons (Fsp3) is 0.286. The van der Waals surface area contributed by atoms with Gasteiger partial charge >= 0.3 is 6.18 Å². The van der Waals surface area contributed by atoms with Crippen molar-refractivity contribution in [3.05, 3.63) is 71.3 Å². The first-order valence-electron chi connectivity index (χ1n) is 8.71. The molecule has 2 aliphatic rings. The average molecular weight is 370 g/mol. The van der Waals surface area contributed by atoms with E-state index in [0.717, 1.165) is 23.7 Å². The van der Waals surface area contributed by atoms with Crippen molar-refractivity contribution in [3.63, 3.8) is 0 Å². The van der Waals surface area contributed by atoms with Crippen molar-refractivity contribution in [2.75, 3.05) is 11.9 Å². The minimum Gasteiger partial charge on any atom is -0.479 e. The molecule has 0 saturated carbocycles. The number of rotatable bonds is 3. The Morgan fingerprint density at radius 3 is 2.63 bits per heavy atom. The highest BCUT2D eigenvalue weighted by atomic mass is 19.4. The highest BCUT2D eigenvalue weighted by molar-refractivity contribution is 5.61. The lowest BCUT2D eigenvalue weighted by molar-refractivity contribution is -0.137. The second-order valence-corrected chi connectivity index (χ2v) is 6.79. The lowest BCUT2D eigenvalue weighted by Crippen LogP contribution is -2.29. The molecule has 6 heteroatoms. The molecule has 4 rings (SSSR count). The van der Waals surface area contributed by atoms with E-state index >= 15 is 0 Å². The van der Waals surface area contributed by atoms with E-state index in [-0.39, 0.29) is 24.5 Å². The van der Waals surface area contributed by atoms with Crippen LogP contribution in [0.3, 0.4) is 0 Å². The first-order valence-corrected chi connectivity index (χ1v) is 8.71.